The molecule has 0 radical (unpaired) electrons. The van der Waals surface area contributed by atoms with Crippen molar-refractivity contribution in [3.8, 4) is 0 Å². The van der Waals surface area contributed by atoms with Gasteiger partial charge in [-0.1, -0.05) is 46.0 Å². The lowest BCUT2D eigenvalue weighted by Gasteiger charge is -2.44. The van der Waals surface area contributed by atoms with Crippen LogP contribution >= 0.6 is 0 Å². The number of hydrogen-bond donors (Lipinski definition) is 1. The highest BCUT2D eigenvalue weighted by Gasteiger charge is 2.47. The van der Waals surface area contributed by atoms with Crippen LogP contribution in [-0.2, 0) is 11.3 Å². The minimum absolute atomic E-state index is 0.0523. The Balaban J connectivity index is 1.50. The third kappa shape index (κ3) is 5.51. The van der Waals surface area contributed by atoms with Crippen molar-refractivity contribution in [1.29, 1.82) is 0 Å². The molecule has 2 atom stereocenters. The number of unbranched alkanes of at least 4 members (excludes halogenated alkanes) is 4. The summed E-state index contributed by atoms with van der Waals surface area (Å²) in [5.74, 6) is 0.690. The van der Waals surface area contributed by atoms with Crippen LogP contribution in [0.4, 0.5) is 0 Å². The van der Waals surface area contributed by atoms with Gasteiger partial charge < -0.3 is 24.1 Å². The number of nitrogens with one attached hydrogen (secondary N) is 1. The number of fused-ring (bicyclic) bond motifs is 3. The number of carbonyl (C=O) groups is 2. The fourth-order valence-corrected chi connectivity index (χ4v) is 6.18. The number of carbonyl (C=O) groups excluding carboxylic acids is 2. The van der Waals surface area contributed by atoms with Crippen LogP contribution in [0.2, 0.25) is 0 Å². The van der Waals surface area contributed by atoms with Gasteiger partial charge >= 0.3 is 0 Å². The maximum atomic E-state index is 13.8. The number of likely N-dealkylation sites (tertiary alicyclic amines) is 1. The quantitative estimate of drug-likeness (QED) is 0.392. The zero-order valence-corrected chi connectivity index (χ0v) is 22.9. The molecular formula is C29H46N4O3. The molecule has 2 aliphatic heterocycles. The maximum Gasteiger partial charge on any atom is 0.271 e. The highest BCUT2D eigenvalue weighted by Crippen LogP contribution is 2.34. The Morgan fingerprint density at radius 3 is 2.69 bits per heavy atom. The van der Waals surface area contributed by atoms with E-state index >= 15 is 0 Å². The van der Waals surface area contributed by atoms with Crippen molar-refractivity contribution in [3.05, 3.63) is 23.6 Å². The van der Waals surface area contributed by atoms with Crippen LogP contribution in [0.15, 0.2) is 16.5 Å². The molecule has 2 aliphatic rings. The highest BCUT2D eigenvalue weighted by molar-refractivity contribution is 6.02. The minimum Gasteiger partial charge on any atom is -0.460 e. The average Bonchev–Trinajstić information content (AvgIpc) is 3.40. The third-order valence-electron chi connectivity index (χ3n) is 8.34. The van der Waals surface area contributed by atoms with Gasteiger partial charge in [0, 0.05) is 37.8 Å². The largest absolute Gasteiger partial charge is 0.460 e. The predicted molar refractivity (Wildman–Crippen MR) is 144 cm³/mol. The molecule has 7 heteroatoms. The number of amides is 2. The van der Waals surface area contributed by atoms with Crippen molar-refractivity contribution in [2.75, 3.05) is 26.2 Å². The van der Waals surface area contributed by atoms with Crippen LogP contribution < -0.4 is 5.32 Å². The SMILES string of the molecule is CCCCCCCNC(=O)C1(C)Cn2c(cc3oc(C)cc32)C(=O)N1CCCN1CCCCC1CC. The number of furan rings is 1. The summed E-state index contributed by atoms with van der Waals surface area (Å²) in [6.07, 6.45) is 11.6. The first-order chi connectivity index (χ1) is 17.4. The second-order valence-electron chi connectivity index (χ2n) is 11.1. The molecule has 200 valence electrons. The van der Waals surface area contributed by atoms with Crippen molar-refractivity contribution in [2.24, 2.45) is 0 Å². The van der Waals surface area contributed by atoms with Gasteiger partial charge in [0.1, 0.15) is 17.0 Å². The molecule has 0 saturated carbocycles. The number of aryl methyl sites for hydroxylation is 1. The molecule has 1 saturated heterocycles. The van der Waals surface area contributed by atoms with Crippen molar-refractivity contribution in [2.45, 2.75) is 110 Å². The Morgan fingerprint density at radius 2 is 1.92 bits per heavy atom. The van der Waals surface area contributed by atoms with Crippen molar-refractivity contribution in [1.82, 2.24) is 19.7 Å². The zero-order chi connectivity index (χ0) is 25.7. The van der Waals surface area contributed by atoms with Gasteiger partial charge in [-0.15, -0.1) is 0 Å². The summed E-state index contributed by atoms with van der Waals surface area (Å²) in [7, 11) is 0. The van der Waals surface area contributed by atoms with Gasteiger partial charge in [0.05, 0.1) is 12.1 Å². The minimum atomic E-state index is -0.934. The fraction of sp³-hybridized carbons (Fsp3) is 0.724. The van der Waals surface area contributed by atoms with E-state index in [-0.39, 0.29) is 11.8 Å². The second kappa shape index (κ2) is 11.8. The van der Waals surface area contributed by atoms with Gasteiger partial charge in [-0.25, -0.2) is 0 Å². The zero-order valence-electron chi connectivity index (χ0n) is 22.9. The topological polar surface area (TPSA) is 70.7 Å². The van der Waals surface area contributed by atoms with E-state index in [9.17, 15) is 9.59 Å². The summed E-state index contributed by atoms with van der Waals surface area (Å²) < 4.78 is 7.82. The predicted octanol–water partition coefficient (Wildman–Crippen LogP) is 5.50. The Bertz CT molecular complexity index is 1040. The first-order valence-corrected chi connectivity index (χ1v) is 14.3. The average molecular weight is 499 g/mol. The van der Waals surface area contributed by atoms with Crippen molar-refractivity contribution < 1.29 is 14.0 Å². The maximum absolute atomic E-state index is 13.8. The number of piperidine rings is 1. The first kappa shape index (κ1) is 26.8. The van der Waals surface area contributed by atoms with Crippen LogP contribution in [-0.4, -0.2) is 63.9 Å². The molecule has 1 fully saturated rings. The van der Waals surface area contributed by atoms with Crippen LogP contribution in [0.5, 0.6) is 0 Å². The Kier molecular flexibility index (Phi) is 8.81. The van der Waals surface area contributed by atoms with Gasteiger partial charge in [-0.2, -0.15) is 0 Å². The number of aromatic nitrogens is 1. The lowest BCUT2D eigenvalue weighted by atomic mass is 9.94. The molecule has 2 amide bonds. The van der Waals surface area contributed by atoms with Gasteiger partial charge in [0.2, 0.25) is 5.91 Å². The van der Waals surface area contributed by atoms with Crippen molar-refractivity contribution >= 4 is 22.9 Å². The van der Waals surface area contributed by atoms with Crippen LogP contribution in [0, 0.1) is 6.92 Å². The summed E-state index contributed by atoms with van der Waals surface area (Å²) in [6.45, 7) is 12.1. The summed E-state index contributed by atoms with van der Waals surface area (Å²) >= 11 is 0. The van der Waals surface area contributed by atoms with E-state index in [0.717, 1.165) is 49.2 Å². The first-order valence-electron chi connectivity index (χ1n) is 14.3. The molecule has 0 bridgehead atoms. The second-order valence-corrected chi connectivity index (χ2v) is 11.1. The van der Waals surface area contributed by atoms with E-state index in [4.69, 9.17) is 4.42 Å². The molecule has 1 N–H and O–H groups in total. The van der Waals surface area contributed by atoms with Crippen LogP contribution in [0.1, 0.15) is 101 Å². The smallest absolute Gasteiger partial charge is 0.271 e. The summed E-state index contributed by atoms with van der Waals surface area (Å²) in [4.78, 5) is 31.9. The van der Waals surface area contributed by atoms with Crippen molar-refractivity contribution in [3.63, 3.8) is 0 Å². The lowest BCUT2D eigenvalue weighted by molar-refractivity contribution is -0.132. The monoisotopic (exact) mass is 498 g/mol. The van der Waals surface area contributed by atoms with Gasteiger partial charge in [0.15, 0.2) is 5.58 Å². The number of nitrogens with zero attached hydrogens (tertiary/aromatic N) is 3. The molecule has 4 rings (SSSR count). The molecular weight excluding hydrogens is 452 g/mol. The third-order valence-corrected chi connectivity index (χ3v) is 8.34. The highest BCUT2D eigenvalue weighted by atomic mass is 16.3. The Morgan fingerprint density at radius 1 is 1.11 bits per heavy atom. The van der Waals surface area contributed by atoms with Crippen LogP contribution in [0.3, 0.4) is 0 Å². The molecule has 7 nitrogen and oxygen atoms in total. The van der Waals surface area contributed by atoms with E-state index in [0.29, 0.717) is 31.4 Å². The summed E-state index contributed by atoms with van der Waals surface area (Å²) in [5.41, 5.74) is 1.30. The summed E-state index contributed by atoms with van der Waals surface area (Å²) in [6, 6.07) is 4.46. The van der Waals surface area contributed by atoms with Gasteiger partial charge in [0.25, 0.3) is 5.91 Å². The number of hydrogen-bond acceptors (Lipinski definition) is 4. The molecule has 0 spiro atoms. The molecule has 0 aromatic carbocycles. The van der Waals surface area contributed by atoms with E-state index in [1.165, 1.54) is 44.9 Å². The normalized spacial score (nSPS) is 22.8. The molecule has 36 heavy (non-hydrogen) atoms. The van der Waals surface area contributed by atoms with Gasteiger partial charge in [-0.05, 0) is 52.5 Å². The van der Waals surface area contributed by atoms with Crippen LogP contribution in [0.25, 0.3) is 11.1 Å². The van der Waals surface area contributed by atoms with E-state index in [2.05, 4.69) is 24.1 Å². The molecule has 2 aromatic heterocycles. The lowest BCUT2D eigenvalue weighted by Crippen LogP contribution is -2.64. The fourth-order valence-electron chi connectivity index (χ4n) is 6.18. The Labute approximate surface area is 216 Å². The molecule has 4 heterocycles. The van der Waals surface area contributed by atoms with E-state index < -0.39 is 5.54 Å². The molecule has 2 unspecified atom stereocenters. The van der Waals surface area contributed by atoms with E-state index in [1.54, 1.807) is 0 Å². The number of rotatable bonds is 12. The van der Waals surface area contributed by atoms with E-state index in [1.807, 2.05) is 35.4 Å². The van der Waals surface area contributed by atoms with Gasteiger partial charge in [-0.3, -0.25) is 9.59 Å². The molecule has 2 aromatic rings. The Hall–Kier alpha value is -2.28. The summed E-state index contributed by atoms with van der Waals surface area (Å²) in [5, 5.41) is 3.17. The molecule has 0 aliphatic carbocycles. The standard InChI is InChI=1S/C29H46N4O3/c1-5-7-8-9-11-15-30-28(35)29(4)21-32-24-19-22(3)36-26(24)20-25(32)27(34)33(29)18-13-17-31-16-12-10-14-23(31)6-2/h19-20,23H,5-18,21H2,1-4H3,(H,30,35).